The van der Waals surface area contributed by atoms with Crippen molar-refractivity contribution >= 4 is 5.97 Å². The summed E-state index contributed by atoms with van der Waals surface area (Å²) in [5.74, 6) is -0.270. The van der Waals surface area contributed by atoms with Gasteiger partial charge in [0.2, 0.25) is 0 Å². The number of rotatable bonds is 4. The highest BCUT2D eigenvalue weighted by atomic mass is 16.5. The maximum atomic E-state index is 10.8. The first kappa shape index (κ1) is 14.7. The Morgan fingerprint density at radius 2 is 2.25 bits per heavy atom. The van der Waals surface area contributed by atoms with Gasteiger partial charge in [-0.3, -0.25) is 4.79 Å². The quantitative estimate of drug-likeness (QED) is 0.786. The maximum Gasteiger partial charge on any atom is 0.303 e. The third kappa shape index (κ3) is 2.72. The van der Waals surface area contributed by atoms with E-state index in [-0.39, 0.29) is 18.2 Å². The number of ether oxygens (including phenoxy) is 1. The van der Waals surface area contributed by atoms with Gasteiger partial charge >= 0.3 is 5.97 Å². The van der Waals surface area contributed by atoms with Crippen LogP contribution >= 0.6 is 0 Å². The van der Waals surface area contributed by atoms with E-state index in [0.29, 0.717) is 12.2 Å². The van der Waals surface area contributed by atoms with Crippen molar-refractivity contribution < 1.29 is 19.7 Å². The van der Waals surface area contributed by atoms with Crippen molar-refractivity contribution in [2.24, 2.45) is 0 Å². The highest BCUT2D eigenvalue weighted by Crippen LogP contribution is 2.40. The summed E-state index contributed by atoms with van der Waals surface area (Å²) in [5, 5.41) is 22.3. The average Bonchev–Trinajstić information content (AvgIpc) is 2.37. The molecule has 1 aliphatic rings. The second-order valence-corrected chi connectivity index (χ2v) is 5.66. The van der Waals surface area contributed by atoms with Crippen molar-refractivity contribution in [2.45, 2.75) is 44.7 Å². The van der Waals surface area contributed by atoms with E-state index in [1.54, 1.807) is 6.07 Å². The largest absolute Gasteiger partial charge is 0.504 e. The van der Waals surface area contributed by atoms with Crippen molar-refractivity contribution in [1.29, 1.82) is 0 Å². The Kier molecular flexibility index (Phi) is 3.90. The molecule has 0 aromatic heterocycles. The molecule has 20 heavy (non-hydrogen) atoms. The predicted molar refractivity (Wildman–Crippen MR) is 75.2 cm³/mol. The fourth-order valence-electron chi connectivity index (χ4n) is 3.02. The minimum Gasteiger partial charge on any atom is -0.504 e. The molecule has 0 aliphatic carbocycles. The van der Waals surface area contributed by atoms with Crippen LogP contribution in [0.1, 0.15) is 37.8 Å². The molecule has 110 valence electrons. The molecule has 0 spiro atoms. The molecule has 2 unspecified atom stereocenters. The number of aromatic hydroxyl groups is 1. The van der Waals surface area contributed by atoms with Crippen molar-refractivity contribution in [2.75, 3.05) is 7.11 Å². The fourth-order valence-corrected chi connectivity index (χ4v) is 3.02. The molecular formula is C15H21NO4. The maximum absolute atomic E-state index is 10.8. The second-order valence-electron chi connectivity index (χ2n) is 5.66. The molecule has 1 heterocycles. The number of hydrogen-bond donors (Lipinski definition) is 3. The Labute approximate surface area is 118 Å². The summed E-state index contributed by atoms with van der Waals surface area (Å²) in [6, 6.07) is 3.78. The molecule has 0 amide bonds. The Balaban J connectivity index is 2.43. The van der Waals surface area contributed by atoms with Gasteiger partial charge in [0.1, 0.15) is 0 Å². The molecule has 1 aromatic rings. The van der Waals surface area contributed by atoms with E-state index in [2.05, 4.69) is 12.2 Å². The summed E-state index contributed by atoms with van der Waals surface area (Å²) in [5.41, 5.74) is 1.60. The number of nitrogens with one attached hydrogen (secondary N) is 1. The van der Waals surface area contributed by atoms with Crippen LogP contribution in [0.25, 0.3) is 0 Å². The summed E-state index contributed by atoms with van der Waals surface area (Å²) in [6.45, 7) is 4.05. The average molecular weight is 279 g/mol. The standard InChI is InChI=1S/C15H21NO4/c1-9-6-10-7-13(20-3)12(17)8-11(10)15(2,16-9)5-4-14(18)19/h7-9,16-17H,4-6H2,1-3H3,(H,18,19). The van der Waals surface area contributed by atoms with E-state index < -0.39 is 11.5 Å². The van der Waals surface area contributed by atoms with Crippen molar-refractivity contribution in [1.82, 2.24) is 5.32 Å². The summed E-state index contributed by atoms with van der Waals surface area (Å²) in [7, 11) is 1.52. The molecule has 2 atom stereocenters. The van der Waals surface area contributed by atoms with E-state index in [1.807, 2.05) is 13.0 Å². The number of carbonyl (C=O) groups is 1. The van der Waals surface area contributed by atoms with Gasteiger partial charge in [0.05, 0.1) is 7.11 Å². The molecular weight excluding hydrogens is 258 g/mol. The topological polar surface area (TPSA) is 78.8 Å². The number of fused-ring (bicyclic) bond motifs is 1. The predicted octanol–water partition coefficient (Wildman–Crippen LogP) is 2.01. The van der Waals surface area contributed by atoms with Crippen LogP contribution in [-0.4, -0.2) is 29.3 Å². The number of carboxylic acid groups (broad SMARTS) is 1. The fraction of sp³-hybridized carbons (Fsp3) is 0.533. The molecule has 3 N–H and O–H groups in total. The van der Waals surface area contributed by atoms with E-state index in [4.69, 9.17) is 9.84 Å². The van der Waals surface area contributed by atoms with E-state index in [0.717, 1.165) is 17.5 Å². The molecule has 1 aliphatic heterocycles. The SMILES string of the molecule is COc1cc2c(cc1O)C(C)(CCC(=O)O)NC(C)C2. The lowest BCUT2D eigenvalue weighted by Crippen LogP contribution is -2.50. The minimum absolute atomic E-state index is 0.0858. The molecule has 0 fully saturated rings. The molecule has 0 bridgehead atoms. The van der Waals surface area contributed by atoms with Gasteiger partial charge in [-0.25, -0.2) is 0 Å². The van der Waals surface area contributed by atoms with Crippen LogP contribution in [0.2, 0.25) is 0 Å². The van der Waals surface area contributed by atoms with Gasteiger partial charge in [-0.1, -0.05) is 0 Å². The van der Waals surface area contributed by atoms with Crippen molar-refractivity contribution in [3.8, 4) is 11.5 Å². The zero-order chi connectivity index (χ0) is 14.9. The molecule has 5 nitrogen and oxygen atoms in total. The van der Waals surface area contributed by atoms with Crippen LogP contribution in [0.5, 0.6) is 11.5 Å². The zero-order valence-electron chi connectivity index (χ0n) is 12.1. The van der Waals surface area contributed by atoms with Crippen LogP contribution < -0.4 is 10.1 Å². The van der Waals surface area contributed by atoms with Gasteiger partial charge in [-0.05, 0) is 49.9 Å². The molecule has 0 saturated heterocycles. The summed E-state index contributed by atoms with van der Waals surface area (Å²) >= 11 is 0. The van der Waals surface area contributed by atoms with E-state index in [1.165, 1.54) is 7.11 Å². The highest BCUT2D eigenvalue weighted by Gasteiger charge is 2.35. The number of phenolic OH excluding ortho intramolecular Hbond substituents is 1. The minimum atomic E-state index is -0.814. The Hall–Kier alpha value is -1.75. The first-order chi connectivity index (χ1) is 9.35. The highest BCUT2D eigenvalue weighted by molar-refractivity contribution is 5.67. The van der Waals surface area contributed by atoms with Gasteiger partial charge in [-0.2, -0.15) is 0 Å². The zero-order valence-corrected chi connectivity index (χ0v) is 12.1. The molecule has 2 rings (SSSR count). The van der Waals surface area contributed by atoms with Crippen molar-refractivity contribution in [3.05, 3.63) is 23.3 Å². The van der Waals surface area contributed by atoms with Crippen LogP contribution in [0.3, 0.4) is 0 Å². The van der Waals surface area contributed by atoms with Crippen LogP contribution in [-0.2, 0) is 16.8 Å². The number of aliphatic carboxylic acids is 1. The summed E-state index contributed by atoms with van der Waals surface area (Å²) in [6.07, 6.45) is 1.39. The number of carboxylic acids is 1. The first-order valence-electron chi connectivity index (χ1n) is 6.75. The number of benzene rings is 1. The normalized spacial score (nSPS) is 25.1. The molecule has 0 radical (unpaired) electrons. The monoisotopic (exact) mass is 279 g/mol. The number of methoxy groups -OCH3 is 1. The summed E-state index contributed by atoms with van der Waals surface area (Å²) in [4.78, 5) is 10.8. The third-order valence-corrected chi connectivity index (χ3v) is 3.93. The van der Waals surface area contributed by atoms with Gasteiger partial charge in [0.25, 0.3) is 0 Å². The van der Waals surface area contributed by atoms with Crippen molar-refractivity contribution in [3.63, 3.8) is 0 Å². The lowest BCUT2D eigenvalue weighted by Gasteiger charge is -2.40. The number of phenols is 1. The Morgan fingerprint density at radius 1 is 1.55 bits per heavy atom. The summed E-state index contributed by atoms with van der Waals surface area (Å²) < 4.78 is 5.15. The Bertz CT molecular complexity index is 529. The second kappa shape index (κ2) is 5.32. The van der Waals surface area contributed by atoms with Gasteiger partial charge in [0.15, 0.2) is 11.5 Å². The smallest absolute Gasteiger partial charge is 0.303 e. The van der Waals surface area contributed by atoms with E-state index in [9.17, 15) is 9.90 Å². The van der Waals surface area contributed by atoms with Crippen LogP contribution in [0.4, 0.5) is 0 Å². The van der Waals surface area contributed by atoms with Crippen LogP contribution in [0.15, 0.2) is 12.1 Å². The van der Waals surface area contributed by atoms with Gasteiger partial charge in [0, 0.05) is 18.0 Å². The van der Waals surface area contributed by atoms with E-state index >= 15 is 0 Å². The molecule has 5 heteroatoms. The lowest BCUT2D eigenvalue weighted by molar-refractivity contribution is -0.137. The lowest BCUT2D eigenvalue weighted by atomic mass is 9.78. The van der Waals surface area contributed by atoms with Crippen LogP contribution in [0, 0.1) is 0 Å². The number of hydrogen-bond acceptors (Lipinski definition) is 4. The van der Waals surface area contributed by atoms with Gasteiger partial charge in [-0.15, -0.1) is 0 Å². The Morgan fingerprint density at radius 3 is 2.85 bits per heavy atom. The third-order valence-electron chi connectivity index (χ3n) is 3.93. The molecule has 1 aromatic carbocycles. The molecule has 0 saturated carbocycles. The first-order valence-corrected chi connectivity index (χ1v) is 6.75. The van der Waals surface area contributed by atoms with Gasteiger partial charge < -0.3 is 20.3 Å².